The minimum atomic E-state index is -0.0486. The Hall–Kier alpha value is -1.78. The normalized spacial score (nSPS) is 10.3. The number of aromatic nitrogens is 1. The van der Waals surface area contributed by atoms with E-state index in [9.17, 15) is 0 Å². The number of hydrogen-bond donors (Lipinski definition) is 2. The Morgan fingerprint density at radius 2 is 2.05 bits per heavy atom. The van der Waals surface area contributed by atoms with E-state index < -0.39 is 0 Å². The van der Waals surface area contributed by atoms with Crippen LogP contribution in [0.4, 0.5) is 0 Å². The third kappa shape index (κ3) is 3.16. The number of benzene rings is 1. The molecule has 1 heterocycles. The Morgan fingerprint density at radius 1 is 1.32 bits per heavy atom. The van der Waals surface area contributed by atoms with Crippen molar-refractivity contribution in [2.45, 2.75) is 6.92 Å². The molecule has 0 aliphatic rings. The highest BCUT2D eigenvalue weighted by atomic mass is 35.5. The van der Waals surface area contributed by atoms with Gasteiger partial charge >= 0.3 is 0 Å². The van der Waals surface area contributed by atoms with Crippen molar-refractivity contribution < 1.29 is 4.74 Å². The lowest BCUT2D eigenvalue weighted by atomic mass is 10.2. The minimum Gasteiger partial charge on any atom is -0.437 e. The number of nitrogens with two attached hydrogens (primary N) is 1. The highest BCUT2D eigenvalue weighted by Crippen LogP contribution is 2.34. The smallest absolute Gasteiger partial charge is 0.220 e. The van der Waals surface area contributed by atoms with Crippen LogP contribution in [-0.2, 0) is 0 Å². The molecule has 98 valence electrons. The van der Waals surface area contributed by atoms with Crippen LogP contribution in [0, 0.1) is 12.3 Å². The van der Waals surface area contributed by atoms with Gasteiger partial charge in [0.1, 0.15) is 16.6 Å². The van der Waals surface area contributed by atoms with Crippen LogP contribution in [0.1, 0.15) is 11.3 Å². The number of nitrogens with one attached hydrogen (secondary N) is 1. The van der Waals surface area contributed by atoms with Crippen LogP contribution in [0.3, 0.4) is 0 Å². The fourth-order valence-corrected chi connectivity index (χ4v) is 1.85. The second kappa shape index (κ2) is 5.47. The van der Waals surface area contributed by atoms with Gasteiger partial charge in [-0.15, -0.1) is 0 Å². The number of amidine groups is 1. The van der Waals surface area contributed by atoms with Crippen LogP contribution >= 0.6 is 23.2 Å². The second-order valence-electron chi connectivity index (χ2n) is 3.90. The van der Waals surface area contributed by atoms with Crippen LogP contribution in [0.25, 0.3) is 0 Å². The molecule has 0 fully saturated rings. The average molecular weight is 296 g/mol. The molecule has 0 unspecified atom stereocenters. The molecule has 0 bridgehead atoms. The Labute approximate surface area is 120 Å². The molecule has 0 saturated heterocycles. The van der Waals surface area contributed by atoms with Gasteiger partial charge in [0, 0.05) is 17.3 Å². The number of aryl methyl sites for hydroxylation is 1. The first-order chi connectivity index (χ1) is 8.97. The van der Waals surface area contributed by atoms with Crippen molar-refractivity contribution >= 4 is 29.0 Å². The topological polar surface area (TPSA) is 72.0 Å². The zero-order valence-corrected chi connectivity index (χ0v) is 11.6. The van der Waals surface area contributed by atoms with E-state index in [0.717, 1.165) is 0 Å². The summed E-state index contributed by atoms with van der Waals surface area (Å²) in [5.74, 6) is 0.670. The van der Waals surface area contributed by atoms with Gasteiger partial charge in [0.05, 0.1) is 5.02 Å². The molecule has 1 aromatic carbocycles. The van der Waals surface area contributed by atoms with Gasteiger partial charge in [-0.25, -0.2) is 4.98 Å². The van der Waals surface area contributed by atoms with E-state index in [1.54, 1.807) is 37.3 Å². The van der Waals surface area contributed by atoms with Crippen molar-refractivity contribution in [1.29, 1.82) is 5.41 Å². The molecule has 4 nitrogen and oxygen atoms in total. The summed E-state index contributed by atoms with van der Waals surface area (Å²) in [6, 6.07) is 8.36. The van der Waals surface area contributed by atoms with Gasteiger partial charge in [-0.05, 0) is 25.1 Å². The molecule has 0 saturated carbocycles. The molecule has 0 atom stereocenters. The Kier molecular flexibility index (Phi) is 3.93. The lowest BCUT2D eigenvalue weighted by molar-refractivity contribution is 0.462. The van der Waals surface area contributed by atoms with E-state index in [0.29, 0.717) is 32.9 Å². The van der Waals surface area contributed by atoms with E-state index in [1.165, 1.54) is 0 Å². The lowest BCUT2D eigenvalue weighted by Gasteiger charge is -2.09. The zero-order chi connectivity index (χ0) is 14.0. The summed E-state index contributed by atoms with van der Waals surface area (Å²) >= 11 is 11.9. The van der Waals surface area contributed by atoms with Gasteiger partial charge in [0.25, 0.3) is 0 Å². The number of hydrogen-bond acceptors (Lipinski definition) is 3. The Bertz CT molecular complexity index is 644. The second-order valence-corrected chi connectivity index (χ2v) is 4.69. The van der Waals surface area contributed by atoms with Gasteiger partial charge < -0.3 is 10.5 Å². The lowest BCUT2D eigenvalue weighted by Crippen LogP contribution is -2.11. The summed E-state index contributed by atoms with van der Waals surface area (Å²) in [5, 5.41) is 8.15. The number of halogens is 2. The van der Waals surface area contributed by atoms with Crippen molar-refractivity contribution in [2.24, 2.45) is 5.73 Å². The van der Waals surface area contributed by atoms with Gasteiger partial charge in [-0.1, -0.05) is 29.3 Å². The quantitative estimate of drug-likeness (QED) is 0.669. The van der Waals surface area contributed by atoms with Crippen LogP contribution < -0.4 is 10.5 Å². The fraction of sp³-hybridized carbons (Fsp3) is 0.0769. The summed E-state index contributed by atoms with van der Waals surface area (Å²) in [6.07, 6.45) is 0. The summed E-state index contributed by atoms with van der Waals surface area (Å²) in [4.78, 5) is 4.21. The summed E-state index contributed by atoms with van der Waals surface area (Å²) in [6.45, 7) is 1.79. The SMILES string of the molecule is Cc1cc(C(=N)N)cc(Oc2cccc(Cl)c2Cl)n1. The molecule has 0 radical (unpaired) electrons. The Morgan fingerprint density at radius 3 is 2.74 bits per heavy atom. The Balaban J connectivity index is 2.38. The molecule has 3 N–H and O–H groups in total. The highest BCUT2D eigenvalue weighted by Gasteiger charge is 2.09. The highest BCUT2D eigenvalue weighted by molar-refractivity contribution is 6.42. The maximum atomic E-state index is 7.43. The predicted octanol–water partition coefficient (Wildman–Crippen LogP) is 3.77. The first-order valence-electron chi connectivity index (χ1n) is 5.42. The average Bonchev–Trinajstić information content (AvgIpc) is 2.34. The van der Waals surface area contributed by atoms with Crippen molar-refractivity contribution in [1.82, 2.24) is 4.98 Å². The maximum Gasteiger partial charge on any atom is 0.220 e. The van der Waals surface area contributed by atoms with E-state index in [1.807, 2.05) is 0 Å². The van der Waals surface area contributed by atoms with Crippen molar-refractivity contribution in [3.63, 3.8) is 0 Å². The van der Waals surface area contributed by atoms with Crippen LogP contribution in [0.2, 0.25) is 10.0 Å². The van der Waals surface area contributed by atoms with Crippen LogP contribution in [-0.4, -0.2) is 10.8 Å². The fourth-order valence-electron chi connectivity index (χ4n) is 1.52. The molecule has 0 aliphatic carbocycles. The van der Waals surface area contributed by atoms with E-state index in [2.05, 4.69) is 4.98 Å². The number of nitrogens with zero attached hydrogens (tertiary/aromatic N) is 1. The van der Waals surface area contributed by atoms with E-state index in [4.69, 9.17) is 39.1 Å². The summed E-state index contributed by atoms with van der Waals surface area (Å²) in [5.41, 5.74) is 6.69. The number of pyridine rings is 1. The minimum absolute atomic E-state index is 0.0486. The van der Waals surface area contributed by atoms with Gasteiger partial charge in [0.15, 0.2) is 0 Å². The molecule has 0 amide bonds. The third-order valence-corrected chi connectivity index (χ3v) is 3.17. The van der Waals surface area contributed by atoms with Crippen molar-refractivity contribution in [3.05, 3.63) is 51.6 Å². The standard InChI is InChI=1S/C13H11Cl2N3O/c1-7-5-8(13(16)17)6-11(18-7)19-10-4-2-3-9(14)12(10)15/h2-6H,1H3,(H3,16,17). The monoisotopic (exact) mass is 295 g/mol. The van der Waals surface area contributed by atoms with Gasteiger partial charge in [-0.2, -0.15) is 0 Å². The van der Waals surface area contributed by atoms with Crippen molar-refractivity contribution in [2.75, 3.05) is 0 Å². The molecule has 0 aliphatic heterocycles. The van der Waals surface area contributed by atoms with Gasteiger partial charge in [0.2, 0.25) is 5.88 Å². The first kappa shape index (κ1) is 13.6. The van der Waals surface area contributed by atoms with E-state index in [-0.39, 0.29) is 5.84 Å². The van der Waals surface area contributed by atoms with Crippen LogP contribution in [0.15, 0.2) is 30.3 Å². The van der Waals surface area contributed by atoms with Crippen molar-refractivity contribution in [3.8, 4) is 11.6 Å². The van der Waals surface area contributed by atoms with Gasteiger partial charge in [-0.3, -0.25) is 5.41 Å². The largest absolute Gasteiger partial charge is 0.437 e. The summed E-state index contributed by atoms with van der Waals surface area (Å²) < 4.78 is 5.58. The molecule has 6 heteroatoms. The number of rotatable bonds is 3. The third-order valence-electron chi connectivity index (χ3n) is 2.37. The molecular weight excluding hydrogens is 285 g/mol. The molecule has 2 aromatic rings. The summed E-state index contributed by atoms with van der Waals surface area (Å²) in [7, 11) is 0. The predicted molar refractivity (Wildman–Crippen MR) is 76.5 cm³/mol. The maximum absolute atomic E-state index is 7.43. The molecule has 1 aromatic heterocycles. The first-order valence-corrected chi connectivity index (χ1v) is 6.18. The number of nitrogen functional groups attached to an aromatic ring is 1. The number of ether oxygens (including phenoxy) is 1. The van der Waals surface area contributed by atoms with Crippen LogP contribution in [0.5, 0.6) is 11.6 Å². The molecule has 0 spiro atoms. The molecular formula is C13H11Cl2N3O. The zero-order valence-electron chi connectivity index (χ0n) is 10.1. The van der Waals surface area contributed by atoms with E-state index >= 15 is 0 Å². The molecule has 19 heavy (non-hydrogen) atoms. The molecule has 2 rings (SSSR count).